The molecular weight excluding hydrogens is 841 g/mol. The highest BCUT2D eigenvalue weighted by Crippen LogP contribution is 2.70. The Labute approximate surface area is 378 Å². The Hall–Kier alpha value is -4.19. The first-order chi connectivity index (χ1) is 30.5. The number of carboxylic acids is 1. The summed E-state index contributed by atoms with van der Waals surface area (Å²) in [7, 11) is 6.14. The molecule has 12 atom stereocenters. The molecule has 7 aliphatic rings. The molecule has 6 heterocycles. The van der Waals surface area contributed by atoms with Crippen molar-refractivity contribution in [3.8, 4) is 0 Å². The number of likely N-dealkylation sites (N-methyl/N-ethyl adjacent to an activating group) is 1. The van der Waals surface area contributed by atoms with E-state index in [1.807, 2.05) is 62.2 Å². The van der Waals surface area contributed by atoms with Gasteiger partial charge in [-0.05, 0) is 86.4 Å². The molecule has 0 amide bonds. The van der Waals surface area contributed by atoms with Crippen LogP contribution < -0.4 is 0 Å². The number of aliphatic hydroxyl groups is 2. The third-order valence-corrected chi connectivity index (χ3v) is 17.4. The second-order valence-corrected chi connectivity index (χ2v) is 20.5. The number of allylic oxidation sites excluding steroid dienone is 1. The molecule has 5 aliphatic heterocycles. The lowest BCUT2D eigenvalue weighted by molar-refractivity contribution is -0.243. The van der Waals surface area contributed by atoms with E-state index in [2.05, 4.69) is 20.9 Å². The van der Waals surface area contributed by atoms with E-state index in [1.165, 1.54) is 32.9 Å². The normalized spacial score (nSPS) is 38.6. The van der Waals surface area contributed by atoms with Crippen LogP contribution in [-0.2, 0) is 50.0 Å². The molecule has 1 spiro atoms. The van der Waals surface area contributed by atoms with Crippen molar-refractivity contribution in [2.45, 2.75) is 105 Å². The molecular formula is C48H62N4O11S. The average Bonchev–Trinajstić information content (AvgIpc) is 3.94. The summed E-state index contributed by atoms with van der Waals surface area (Å²) in [4.78, 5) is 65.9. The van der Waals surface area contributed by atoms with Crippen LogP contribution in [0.5, 0.6) is 0 Å². The highest BCUT2D eigenvalue weighted by Gasteiger charge is 2.81. The number of esters is 3. The minimum absolute atomic E-state index is 0.105. The van der Waals surface area contributed by atoms with Gasteiger partial charge in [0, 0.05) is 97.2 Å². The lowest BCUT2D eigenvalue weighted by Crippen LogP contribution is -2.79. The molecule has 9 rings (SSSR count). The Balaban J connectivity index is 1.32. The van der Waals surface area contributed by atoms with Gasteiger partial charge in [0.25, 0.3) is 0 Å². The summed E-state index contributed by atoms with van der Waals surface area (Å²) >= 11 is 1.24. The van der Waals surface area contributed by atoms with Gasteiger partial charge in [0.1, 0.15) is 5.41 Å². The van der Waals surface area contributed by atoms with Crippen LogP contribution in [0.25, 0.3) is 10.9 Å². The van der Waals surface area contributed by atoms with Gasteiger partial charge in [0.05, 0.1) is 37.7 Å². The summed E-state index contributed by atoms with van der Waals surface area (Å²) in [5, 5.41) is 35.9. The van der Waals surface area contributed by atoms with E-state index < -0.39 is 75.5 Å². The maximum Gasteiger partial charge on any atom is 0.344 e. The molecule has 3 saturated heterocycles. The van der Waals surface area contributed by atoms with Crippen molar-refractivity contribution in [3.63, 3.8) is 0 Å². The van der Waals surface area contributed by atoms with E-state index in [1.54, 1.807) is 7.11 Å². The summed E-state index contributed by atoms with van der Waals surface area (Å²) in [6.45, 7) is 8.34. The number of aliphatic carboxylic acids is 1. The largest absolute Gasteiger partial charge is 0.481 e. The van der Waals surface area contributed by atoms with Crippen molar-refractivity contribution in [3.05, 3.63) is 65.0 Å². The Morgan fingerprint density at radius 1 is 0.984 bits per heavy atom. The number of fused-ring (bicyclic) bond motifs is 6. The monoisotopic (exact) mass is 902 g/mol. The minimum Gasteiger partial charge on any atom is -0.481 e. The minimum atomic E-state index is -2.33. The van der Waals surface area contributed by atoms with Crippen LogP contribution in [0.4, 0.5) is 0 Å². The van der Waals surface area contributed by atoms with Gasteiger partial charge in [-0.25, -0.2) is 4.79 Å². The summed E-state index contributed by atoms with van der Waals surface area (Å²) in [6.07, 6.45) is 9.13. The molecule has 2 aromatic rings. The molecule has 1 saturated carbocycles. The van der Waals surface area contributed by atoms with E-state index in [-0.39, 0.29) is 17.7 Å². The Bertz CT molecular complexity index is 2360. The number of carboxylic acid groups (broad SMARTS) is 1. The predicted octanol–water partition coefficient (Wildman–Crippen LogP) is 3.81. The zero-order chi connectivity index (χ0) is 45.7. The predicted molar refractivity (Wildman–Crippen MR) is 237 cm³/mol. The fourth-order valence-corrected chi connectivity index (χ4v) is 14.9. The lowest BCUT2D eigenvalue weighted by atomic mass is 9.47. The van der Waals surface area contributed by atoms with Crippen LogP contribution in [0.3, 0.4) is 0 Å². The number of ether oxygens (including phenoxy) is 4. The van der Waals surface area contributed by atoms with Crippen molar-refractivity contribution >= 4 is 46.5 Å². The third kappa shape index (κ3) is 6.25. The fourth-order valence-electron chi connectivity index (χ4n) is 14.2. The van der Waals surface area contributed by atoms with Crippen molar-refractivity contribution in [1.82, 2.24) is 19.7 Å². The molecule has 2 aliphatic carbocycles. The highest BCUT2D eigenvalue weighted by atomic mass is 32.2. The molecule has 1 aromatic heterocycles. The Morgan fingerprint density at radius 3 is 2.42 bits per heavy atom. The molecule has 16 heteroatoms. The topological polar surface area (TPSA) is 191 Å². The summed E-state index contributed by atoms with van der Waals surface area (Å²) in [5.74, 6) is -3.84. The number of methoxy groups -OCH3 is 3. The Kier molecular flexibility index (Phi) is 11.3. The smallest absolute Gasteiger partial charge is 0.344 e. The van der Waals surface area contributed by atoms with Crippen LogP contribution >= 0.6 is 11.8 Å². The number of H-pyrrole nitrogens is 1. The molecule has 1 aromatic carbocycles. The third-order valence-electron chi connectivity index (χ3n) is 16.4. The summed E-state index contributed by atoms with van der Waals surface area (Å²) in [5.41, 5.74) is -2.62. The van der Waals surface area contributed by atoms with E-state index in [9.17, 15) is 29.7 Å². The number of benzene rings is 1. The van der Waals surface area contributed by atoms with Crippen molar-refractivity contribution in [1.29, 1.82) is 0 Å². The van der Waals surface area contributed by atoms with Crippen molar-refractivity contribution in [2.75, 3.05) is 66.9 Å². The molecule has 3 unspecified atom stereocenters. The molecule has 4 fully saturated rings. The first-order valence-corrected chi connectivity index (χ1v) is 23.6. The van der Waals surface area contributed by atoms with E-state index in [4.69, 9.17) is 18.9 Å². The number of aromatic amines is 1. The highest BCUT2D eigenvalue weighted by molar-refractivity contribution is 8.00. The van der Waals surface area contributed by atoms with Crippen LogP contribution in [0.15, 0.2) is 58.7 Å². The van der Waals surface area contributed by atoms with Gasteiger partial charge in [-0.3, -0.25) is 24.2 Å². The van der Waals surface area contributed by atoms with Crippen LogP contribution in [0, 0.1) is 22.7 Å². The molecule has 0 radical (unpaired) electrons. The number of thioether (sulfide) groups is 1. The van der Waals surface area contributed by atoms with Crippen molar-refractivity contribution < 1.29 is 53.4 Å². The van der Waals surface area contributed by atoms with E-state index in [0.29, 0.717) is 76.9 Å². The number of piperidine rings is 1. The zero-order valence-electron chi connectivity index (χ0n) is 37.8. The number of nitrogens with one attached hydrogen (secondary N) is 1. The number of nitrogens with zero attached hydrogens (tertiary/aromatic N) is 3. The van der Waals surface area contributed by atoms with Gasteiger partial charge in [0.15, 0.2) is 6.10 Å². The second-order valence-electron chi connectivity index (χ2n) is 19.4. The number of carbonyl (C=O) groups excluding carboxylic acids is 3. The summed E-state index contributed by atoms with van der Waals surface area (Å²) < 4.78 is 24.2. The van der Waals surface area contributed by atoms with Crippen LogP contribution in [-0.4, -0.2) is 161 Å². The summed E-state index contributed by atoms with van der Waals surface area (Å²) in [6, 6.07) is 4.57. The zero-order valence-corrected chi connectivity index (χ0v) is 38.7. The number of rotatable bonds is 10. The first kappa shape index (κ1) is 45.0. The Morgan fingerprint density at radius 2 is 1.75 bits per heavy atom. The molecule has 4 N–H and O–H groups in total. The maximum absolute atomic E-state index is 15.5. The number of aromatic nitrogens is 1. The van der Waals surface area contributed by atoms with Crippen LogP contribution in [0.1, 0.15) is 64.1 Å². The second kappa shape index (κ2) is 16.0. The standard InChI is InChI=1S/C48H62N4O11S/c1-8-44(58)22-28-23-47(42(56)61-6,38-30(13-17-51(24-28)26-44)31-19-29(64-25-37(54)55)11-12-34(31)49-38)33-20-32-35(21-36(33)60-5)50(4)40-46(32)15-18-52-16-10-14-45(9-2,39(46)52)41(63-27(3)53)48(40,59)43(57)62-7/h10-12,14,19-21,28,33,36,39-41,49,58-59H,8-9,13,15-18,22-26H2,1-7H3,(H,54,55)/t28-,33?,36?,39+,40-,41-,44+,45-,46-,47+,48+/m1/s1. The molecule has 64 heavy (non-hydrogen) atoms. The molecule has 15 nitrogen and oxygen atoms in total. The molecule has 346 valence electrons. The van der Waals surface area contributed by atoms with E-state index >= 15 is 4.79 Å². The van der Waals surface area contributed by atoms with Gasteiger partial charge in [-0.1, -0.05) is 32.1 Å². The number of carbonyl (C=O) groups is 4. The van der Waals surface area contributed by atoms with Gasteiger partial charge in [0.2, 0.25) is 5.60 Å². The number of hydrogen-bond donors (Lipinski definition) is 4. The average molecular weight is 903 g/mol. The SMILES string of the molecule is CC[C@]1(O)C[C@H]2CN(CCc3c([nH]c4ccc(SCC(=O)O)cc34)[C@@](C(=O)OC)(C3C=C4C(=CC3OC)N(C)[C@H]3[C@@](O)(C(=O)OC)[C@H](OC(C)=O)[C@]5(CC)C=CCN6CC[C@]43[C@@H]65)C2)C1. The van der Waals surface area contributed by atoms with Gasteiger partial charge >= 0.3 is 23.9 Å². The quantitative estimate of drug-likeness (QED) is 0.117. The van der Waals surface area contributed by atoms with Crippen LogP contribution in [0.2, 0.25) is 0 Å². The lowest BCUT2D eigenvalue weighted by Gasteiger charge is -2.63. The fraction of sp³-hybridized carbons (Fsp3) is 0.625. The van der Waals surface area contributed by atoms with Gasteiger partial charge in [-0.15, -0.1) is 11.8 Å². The van der Waals surface area contributed by atoms with Gasteiger partial charge in [-0.2, -0.15) is 0 Å². The first-order valence-electron chi connectivity index (χ1n) is 22.6. The van der Waals surface area contributed by atoms with E-state index in [0.717, 1.165) is 32.6 Å². The number of likely N-dealkylation sites (tertiary alicyclic amines) is 1. The van der Waals surface area contributed by atoms with Gasteiger partial charge < -0.3 is 44.2 Å². The molecule has 2 bridgehead atoms. The maximum atomic E-state index is 15.5. The number of hydrogen-bond acceptors (Lipinski definition) is 14. The van der Waals surface area contributed by atoms with Crippen molar-refractivity contribution in [2.24, 2.45) is 22.7 Å².